The summed E-state index contributed by atoms with van der Waals surface area (Å²) >= 11 is 0. The third-order valence-electron chi connectivity index (χ3n) is 4.35. The largest absolute Gasteiger partial charge is 0.494 e. The highest BCUT2D eigenvalue weighted by molar-refractivity contribution is 5.67. The molecule has 2 amide bonds. The molecule has 0 unspecified atom stereocenters. The number of halogens is 1. The summed E-state index contributed by atoms with van der Waals surface area (Å²) in [7, 11) is 0. The summed E-state index contributed by atoms with van der Waals surface area (Å²) in [6.07, 6.45) is 0.268. The highest BCUT2D eigenvalue weighted by atomic mass is 19.1. The van der Waals surface area contributed by atoms with Crippen LogP contribution in [0.25, 0.3) is 0 Å². The number of aliphatic hydroxyl groups excluding tert-OH is 1. The summed E-state index contributed by atoms with van der Waals surface area (Å²) in [5.74, 6) is 0.0865. The van der Waals surface area contributed by atoms with Gasteiger partial charge in [0, 0.05) is 44.0 Å². The van der Waals surface area contributed by atoms with E-state index in [1.165, 1.54) is 12.1 Å². The first-order chi connectivity index (χ1) is 19.9. The van der Waals surface area contributed by atoms with E-state index in [4.69, 9.17) is 19.3 Å². The van der Waals surface area contributed by atoms with Crippen LogP contribution >= 0.6 is 0 Å². The van der Waals surface area contributed by atoms with E-state index >= 15 is 0 Å². The second-order valence-electron chi connectivity index (χ2n) is 10.6. The summed E-state index contributed by atoms with van der Waals surface area (Å²) in [5, 5.41) is 34.0. The molecule has 0 spiro atoms. The first kappa shape index (κ1) is 38.5. The highest BCUT2D eigenvalue weighted by Gasteiger charge is 2.16. The number of non-ortho nitro benzene ring substituents is 2. The van der Waals surface area contributed by atoms with Crippen molar-refractivity contribution in [2.45, 2.75) is 65.6 Å². The lowest BCUT2D eigenvalue weighted by Crippen LogP contribution is -2.33. The average Bonchev–Trinajstić information content (AvgIpc) is 2.88. The molecular formula is C28H41FN4O10. The van der Waals surface area contributed by atoms with Gasteiger partial charge in [-0.3, -0.25) is 20.2 Å². The number of carbonyl (C=O) groups is 2. The molecule has 0 radical (unpaired) electrons. The quantitative estimate of drug-likeness (QED) is 0.175. The number of amides is 2. The van der Waals surface area contributed by atoms with E-state index in [9.17, 15) is 34.2 Å². The number of nitro groups is 2. The molecule has 0 atom stereocenters. The number of aliphatic hydroxyl groups is 1. The smallest absolute Gasteiger partial charge is 0.407 e. The fraction of sp³-hybridized carbons (Fsp3) is 0.500. The summed E-state index contributed by atoms with van der Waals surface area (Å²) in [6, 6.07) is 10.2. The molecule has 0 saturated carbocycles. The Balaban J connectivity index is 0.000000677. The Kier molecular flexibility index (Phi) is 17.5. The lowest BCUT2D eigenvalue weighted by Gasteiger charge is -2.19. The first-order valence-corrected chi connectivity index (χ1v) is 13.3. The van der Waals surface area contributed by atoms with Crippen LogP contribution in [0.3, 0.4) is 0 Å². The zero-order valence-corrected chi connectivity index (χ0v) is 25.3. The molecule has 0 heterocycles. The van der Waals surface area contributed by atoms with Crippen molar-refractivity contribution in [1.29, 1.82) is 0 Å². The zero-order chi connectivity index (χ0) is 33.1. The molecular weight excluding hydrogens is 571 g/mol. The molecule has 2 aromatic carbocycles. The Bertz CT molecular complexity index is 1130. The van der Waals surface area contributed by atoms with Gasteiger partial charge in [-0.15, -0.1) is 0 Å². The van der Waals surface area contributed by atoms with E-state index in [2.05, 4.69) is 10.6 Å². The molecule has 2 rings (SSSR count). The Morgan fingerprint density at radius 1 is 0.767 bits per heavy atom. The second kappa shape index (κ2) is 19.6. The normalized spacial score (nSPS) is 10.5. The van der Waals surface area contributed by atoms with E-state index in [1.807, 2.05) is 0 Å². The van der Waals surface area contributed by atoms with Gasteiger partial charge in [0.05, 0.1) is 16.5 Å². The van der Waals surface area contributed by atoms with Gasteiger partial charge in [0.15, 0.2) is 0 Å². The molecule has 0 aromatic heterocycles. The Morgan fingerprint density at radius 2 is 1.16 bits per heavy atom. The standard InChI is InChI=1S/C14H20N2O5.C8H17NO3.C6H4FNO2/c1-14(2,3)21-13(17)15-9-4-10-20-12-7-5-11(6-8-12)16(18)19;1-8(2,3)12-7(11)9-5-4-6-10;7-5-1-3-6(4-2-5)8(9)10/h5-8H,4,9-10H2,1-3H3,(H,15,17);10H,4-6H2,1-3H3,(H,9,11);1-4H. The van der Waals surface area contributed by atoms with Crippen LogP contribution in [0.5, 0.6) is 5.75 Å². The maximum absolute atomic E-state index is 12.1. The molecule has 0 fully saturated rings. The van der Waals surface area contributed by atoms with Crippen LogP contribution in [0.4, 0.5) is 25.4 Å². The van der Waals surface area contributed by atoms with Gasteiger partial charge in [-0.25, -0.2) is 14.0 Å². The molecule has 0 aliphatic carbocycles. The Morgan fingerprint density at radius 3 is 1.53 bits per heavy atom. The number of rotatable bonds is 10. The lowest BCUT2D eigenvalue weighted by atomic mass is 10.2. The Hall–Kier alpha value is -4.53. The number of hydrogen-bond donors (Lipinski definition) is 3. The average molecular weight is 613 g/mol. The number of nitrogens with zero attached hydrogens (tertiary/aromatic N) is 2. The van der Waals surface area contributed by atoms with Crippen molar-refractivity contribution in [3.63, 3.8) is 0 Å². The van der Waals surface area contributed by atoms with Gasteiger partial charge >= 0.3 is 12.2 Å². The summed E-state index contributed by atoms with van der Waals surface area (Å²) in [5.41, 5.74) is -1.04. The lowest BCUT2D eigenvalue weighted by molar-refractivity contribution is -0.385. The van der Waals surface area contributed by atoms with Crippen molar-refractivity contribution in [3.8, 4) is 5.75 Å². The van der Waals surface area contributed by atoms with Crippen molar-refractivity contribution in [3.05, 3.63) is 74.6 Å². The van der Waals surface area contributed by atoms with Gasteiger partial charge in [-0.2, -0.15) is 0 Å². The van der Waals surface area contributed by atoms with E-state index in [0.29, 0.717) is 38.3 Å². The summed E-state index contributed by atoms with van der Waals surface area (Å²) in [6.45, 7) is 12.2. The number of alkyl carbamates (subject to hydrolysis) is 2. The molecule has 3 N–H and O–H groups in total. The molecule has 0 aliphatic rings. The monoisotopic (exact) mass is 612 g/mol. The molecule has 0 saturated heterocycles. The van der Waals surface area contributed by atoms with Crippen LogP contribution < -0.4 is 15.4 Å². The zero-order valence-electron chi connectivity index (χ0n) is 25.3. The molecule has 0 bridgehead atoms. The van der Waals surface area contributed by atoms with Crippen LogP contribution in [0.15, 0.2) is 48.5 Å². The SMILES string of the molecule is CC(C)(C)OC(=O)NCCCO.CC(C)(C)OC(=O)NCCCOc1ccc([N+](=O)[O-])cc1.O=[N+]([O-])c1ccc(F)cc1. The van der Waals surface area contributed by atoms with Gasteiger partial charge in [0.1, 0.15) is 22.8 Å². The second-order valence-corrected chi connectivity index (χ2v) is 10.6. The van der Waals surface area contributed by atoms with Crippen LogP contribution in [0, 0.1) is 26.0 Å². The minimum Gasteiger partial charge on any atom is -0.494 e. The topological polar surface area (TPSA) is 192 Å². The highest BCUT2D eigenvalue weighted by Crippen LogP contribution is 2.17. The summed E-state index contributed by atoms with van der Waals surface area (Å²) < 4.78 is 27.6. The fourth-order valence-electron chi connectivity index (χ4n) is 2.58. The number of nitrogens with one attached hydrogen (secondary N) is 2. The fourth-order valence-corrected chi connectivity index (χ4v) is 2.58. The number of hydrogen-bond acceptors (Lipinski definition) is 10. The Labute approximate surface area is 249 Å². The van der Waals surface area contributed by atoms with Crippen molar-refractivity contribution in [1.82, 2.24) is 10.6 Å². The van der Waals surface area contributed by atoms with E-state index in [-0.39, 0.29) is 18.0 Å². The number of ether oxygens (including phenoxy) is 3. The molecule has 0 aliphatic heterocycles. The molecule has 43 heavy (non-hydrogen) atoms. The van der Waals surface area contributed by atoms with Gasteiger partial charge in [-0.1, -0.05) is 0 Å². The van der Waals surface area contributed by atoms with E-state index in [1.54, 1.807) is 53.7 Å². The van der Waals surface area contributed by atoms with Gasteiger partial charge in [0.25, 0.3) is 11.4 Å². The third-order valence-corrected chi connectivity index (χ3v) is 4.35. The van der Waals surface area contributed by atoms with E-state index < -0.39 is 39.1 Å². The van der Waals surface area contributed by atoms with Crippen molar-refractivity contribution in [2.24, 2.45) is 0 Å². The van der Waals surface area contributed by atoms with Crippen LogP contribution in [-0.4, -0.2) is 64.6 Å². The maximum Gasteiger partial charge on any atom is 0.407 e. The van der Waals surface area contributed by atoms with Gasteiger partial charge in [0.2, 0.25) is 0 Å². The predicted octanol–water partition coefficient (Wildman–Crippen LogP) is 5.52. The molecule has 240 valence electrons. The van der Waals surface area contributed by atoms with E-state index in [0.717, 1.165) is 24.3 Å². The van der Waals surface area contributed by atoms with Crippen molar-refractivity contribution in [2.75, 3.05) is 26.3 Å². The molecule has 15 heteroatoms. The van der Waals surface area contributed by atoms with Crippen molar-refractivity contribution >= 4 is 23.6 Å². The number of benzene rings is 2. The molecule has 2 aromatic rings. The first-order valence-electron chi connectivity index (χ1n) is 13.3. The third kappa shape index (κ3) is 21.8. The minimum atomic E-state index is -0.570. The van der Waals surface area contributed by atoms with Gasteiger partial charge < -0.3 is 30.0 Å². The van der Waals surface area contributed by atoms with Gasteiger partial charge in [-0.05, 0) is 78.6 Å². The van der Waals surface area contributed by atoms with Crippen LogP contribution in [0.1, 0.15) is 54.4 Å². The van der Waals surface area contributed by atoms with Crippen molar-refractivity contribution < 1.29 is 43.1 Å². The number of carbonyl (C=O) groups excluding carboxylic acids is 2. The molecule has 14 nitrogen and oxygen atoms in total. The summed E-state index contributed by atoms with van der Waals surface area (Å²) in [4.78, 5) is 41.7. The van der Waals surface area contributed by atoms with Crippen LogP contribution in [-0.2, 0) is 9.47 Å². The predicted molar refractivity (Wildman–Crippen MR) is 156 cm³/mol. The van der Waals surface area contributed by atoms with Crippen LogP contribution in [0.2, 0.25) is 0 Å². The maximum atomic E-state index is 12.1. The minimum absolute atomic E-state index is 0.0222. The number of nitro benzene ring substituents is 2.